The molecule has 2 unspecified atom stereocenters. The summed E-state index contributed by atoms with van der Waals surface area (Å²) in [6, 6.07) is 3.75. The first kappa shape index (κ1) is 17.0. The third-order valence-corrected chi connectivity index (χ3v) is 4.17. The van der Waals surface area contributed by atoms with Crippen LogP contribution in [0.5, 0.6) is 11.5 Å². The van der Waals surface area contributed by atoms with Crippen molar-refractivity contribution < 1.29 is 18.9 Å². The number of ether oxygens (including phenoxy) is 2. The number of aromatic nitrogens is 2. The van der Waals surface area contributed by atoms with Crippen molar-refractivity contribution in [3.8, 4) is 17.2 Å². The third-order valence-electron chi connectivity index (χ3n) is 4.17. The predicted molar refractivity (Wildman–Crippen MR) is 92.1 cm³/mol. The van der Waals surface area contributed by atoms with Crippen molar-refractivity contribution >= 4 is 5.69 Å². The van der Waals surface area contributed by atoms with Gasteiger partial charge in [0.15, 0.2) is 17.2 Å². The molecule has 8 heteroatoms. The van der Waals surface area contributed by atoms with E-state index >= 15 is 0 Å². The number of methoxy groups -OCH3 is 2. The Morgan fingerprint density at radius 3 is 2.52 bits per heavy atom. The molecule has 2 atom stereocenters. The topological polar surface area (TPSA) is 59.7 Å². The van der Waals surface area contributed by atoms with Gasteiger partial charge >= 0.3 is 0 Å². The van der Waals surface area contributed by atoms with Gasteiger partial charge in [-0.05, 0) is 0 Å². The van der Waals surface area contributed by atoms with Crippen LogP contribution in [0, 0.1) is 0 Å². The van der Waals surface area contributed by atoms with Crippen LogP contribution in [0.15, 0.2) is 53.5 Å². The Bertz CT molecular complexity index is 801. The van der Waals surface area contributed by atoms with Gasteiger partial charge in [-0.3, -0.25) is 4.90 Å². The maximum Gasteiger partial charge on any atom is 0.284 e. The van der Waals surface area contributed by atoms with Crippen LogP contribution in [0.4, 0.5) is 5.69 Å². The summed E-state index contributed by atoms with van der Waals surface area (Å²) in [7, 11) is 9.25. The average Bonchev–Trinajstić information content (AvgIpc) is 3.18. The van der Waals surface area contributed by atoms with Crippen molar-refractivity contribution in [2.75, 3.05) is 28.3 Å². The van der Waals surface area contributed by atoms with Crippen molar-refractivity contribution in [1.29, 1.82) is 0 Å². The molecular weight excluding hydrogens is 320 g/mol. The summed E-state index contributed by atoms with van der Waals surface area (Å²) in [6.45, 7) is 0. The molecule has 0 spiro atoms. The van der Waals surface area contributed by atoms with E-state index in [-0.39, 0.29) is 6.29 Å². The summed E-state index contributed by atoms with van der Waals surface area (Å²) < 4.78 is 15.0. The minimum Gasteiger partial charge on any atom is -0.494 e. The highest BCUT2D eigenvalue weighted by Gasteiger charge is 2.25. The minimum atomic E-state index is -0.0844. The van der Waals surface area contributed by atoms with Gasteiger partial charge in [0.1, 0.15) is 24.3 Å². The first-order valence-electron chi connectivity index (χ1n) is 7.97. The van der Waals surface area contributed by atoms with Crippen LogP contribution in [0.2, 0.25) is 0 Å². The molecule has 1 aliphatic rings. The molecule has 1 N–H and O–H groups in total. The number of hydrogen-bond donors (Lipinski definition) is 1. The van der Waals surface area contributed by atoms with E-state index in [2.05, 4.69) is 10.2 Å². The Labute approximate surface area is 147 Å². The zero-order valence-electron chi connectivity index (χ0n) is 15.2. The minimum absolute atomic E-state index is 0.0844. The number of benzene rings is 1. The lowest BCUT2D eigenvalue weighted by atomic mass is 10.2. The van der Waals surface area contributed by atoms with Gasteiger partial charge in [0.25, 0.3) is 6.29 Å². The van der Waals surface area contributed by atoms with E-state index in [0.717, 1.165) is 10.6 Å². The second-order valence-electron chi connectivity index (χ2n) is 6.00. The Balaban J connectivity index is 1.97. The zero-order valence-corrected chi connectivity index (χ0v) is 15.2. The van der Waals surface area contributed by atoms with Crippen LogP contribution in [-0.4, -0.2) is 44.1 Å². The molecule has 1 aromatic heterocycles. The predicted octanol–water partition coefficient (Wildman–Crippen LogP) is 0.618. The van der Waals surface area contributed by atoms with E-state index in [4.69, 9.17) is 9.47 Å². The van der Waals surface area contributed by atoms with Crippen LogP contribution in [-0.2, 0) is 7.05 Å². The SMILES string of the molecule is COc1cc(-n2cc[n+](C)c2)c(OC)cc1N=NC1N(C)C=C[NH+]1C. The average molecular weight is 344 g/mol. The maximum absolute atomic E-state index is 5.55. The Kier molecular flexibility index (Phi) is 4.71. The molecule has 0 bridgehead atoms. The summed E-state index contributed by atoms with van der Waals surface area (Å²) >= 11 is 0. The number of nitrogens with zero attached hydrogens (tertiary/aromatic N) is 5. The standard InChI is InChI=1S/C17H23N6O2/c1-20-6-9-23(12-20)14-11-15(24-4)13(10-16(14)25-5)18-19-17-21(2)7-8-22(17)3/h6-12,17H,1-5H3/q+1/p+1. The number of nitrogens with one attached hydrogen (secondary N) is 1. The van der Waals surface area contributed by atoms with Crippen molar-refractivity contribution in [3.63, 3.8) is 0 Å². The normalized spacial score (nSPS) is 19.8. The first-order valence-corrected chi connectivity index (χ1v) is 7.97. The van der Waals surface area contributed by atoms with E-state index in [0.29, 0.717) is 17.2 Å². The molecule has 0 fully saturated rings. The molecule has 3 rings (SSSR count). The monoisotopic (exact) mass is 344 g/mol. The van der Waals surface area contributed by atoms with Gasteiger partial charge in [0.05, 0.1) is 34.5 Å². The highest BCUT2D eigenvalue weighted by molar-refractivity contribution is 5.63. The van der Waals surface area contributed by atoms with Crippen LogP contribution < -0.4 is 18.9 Å². The van der Waals surface area contributed by atoms with Crippen LogP contribution >= 0.6 is 0 Å². The van der Waals surface area contributed by atoms with Gasteiger partial charge in [0, 0.05) is 19.2 Å². The molecule has 0 radical (unpaired) electrons. The highest BCUT2D eigenvalue weighted by Crippen LogP contribution is 2.37. The van der Waals surface area contributed by atoms with Gasteiger partial charge in [-0.25, -0.2) is 4.57 Å². The summed E-state index contributed by atoms with van der Waals surface area (Å²) in [5, 5.41) is 8.86. The van der Waals surface area contributed by atoms with E-state index in [9.17, 15) is 0 Å². The second-order valence-corrected chi connectivity index (χ2v) is 6.00. The second kappa shape index (κ2) is 6.94. The molecule has 1 aliphatic heterocycles. The first-order chi connectivity index (χ1) is 12.0. The van der Waals surface area contributed by atoms with Gasteiger partial charge in [-0.2, -0.15) is 4.57 Å². The number of quaternary nitrogens is 1. The van der Waals surface area contributed by atoms with Crippen molar-refractivity contribution in [2.45, 2.75) is 6.29 Å². The Morgan fingerprint density at radius 2 is 1.96 bits per heavy atom. The number of hydrogen-bond acceptors (Lipinski definition) is 5. The zero-order chi connectivity index (χ0) is 18.0. The summed E-state index contributed by atoms with van der Waals surface area (Å²) in [6.07, 6.45) is 9.81. The number of azo groups is 1. The molecule has 0 saturated carbocycles. The summed E-state index contributed by atoms with van der Waals surface area (Å²) in [5.74, 6) is 1.34. The summed E-state index contributed by atoms with van der Waals surface area (Å²) in [4.78, 5) is 3.16. The molecule has 2 aromatic rings. The molecule has 132 valence electrons. The Morgan fingerprint density at radius 1 is 1.20 bits per heavy atom. The number of imidazole rings is 1. The Hall–Kier alpha value is -2.87. The number of rotatable bonds is 5. The van der Waals surface area contributed by atoms with E-state index in [1.165, 1.54) is 0 Å². The molecule has 0 saturated heterocycles. The lowest BCUT2D eigenvalue weighted by Gasteiger charge is -2.17. The van der Waals surface area contributed by atoms with Crippen LogP contribution in [0.25, 0.3) is 5.69 Å². The molecule has 0 aliphatic carbocycles. The maximum atomic E-state index is 5.55. The van der Waals surface area contributed by atoms with Crippen LogP contribution in [0.1, 0.15) is 0 Å². The molecule has 1 aromatic carbocycles. The lowest BCUT2D eigenvalue weighted by Crippen LogP contribution is -3.08. The quantitative estimate of drug-likeness (QED) is 0.639. The molecule has 2 heterocycles. The summed E-state index contributed by atoms with van der Waals surface area (Å²) in [5.41, 5.74) is 1.51. The van der Waals surface area contributed by atoms with Crippen molar-refractivity contribution in [3.05, 3.63) is 43.3 Å². The van der Waals surface area contributed by atoms with Gasteiger partial charge in [-0.15, -0.1) is 10.2 Å². The smallest absolute Gasteiger partial charge is 0.284 e. The van der Waals surface area contributed by atoms with E-state index in [1.54, 1.807) is 14.2 Å². The van der Waals surface area contributed by atoms with Crippen LogP contribution in [0.3, 0.4) is 0 Å². The van der Waals surface area contributed by atoms with E-state index < -0.39 is 0 Å². The molecule has 25 heavy (non-hydrogen) atoms. The van der Waals surface area contributed by atoms with Gasteiger partial charge in [-0.1, -0.05) is 0 Å². The third kappa shape index (κ3) is 3.34. The molecular formula is C17H24N6O2+2. The number of aryl methyl sites for hydroxylation is 1. The highest BCUT2D eigenvalue weighted by atomic mass is 16.5. The van der Waals surface area contributed by atoms with Crippen molar-refractivity contribution in [1.82, 2.24) is 9.47 Å². The van der Waals surface area contributed by atoms with Crippen molar-refractivity contribution in [2.24, 2.45) is 17.3 Å². The van der Waals surface area contributed by atoms with Gasteiger partial charge < -0.3 is 14.4 Å². The van der Waals surface area contributed by atoms with Gasteiger partial charge in [0.2, 0.25) is 6.33 Å². The molecule has 8 nitrogen and oxygen atoms in total. The largest absolute Gasteiger partial charge is 0.494 e. The van der Waals surface area contributed by atoms with E-state index in [1.807, 2.05) is 78.4 Å². The molecule has 0 amide bonds. The fourth-order valence-corrected chi connectivity index (χ4v) is 2.75. The lowest BCUT2D eigenvalue weighted by molar-refractivity contribution is -0.856. The fraction of sp³-hybridized carbons (Fsp3) is 0.353. The fourth-order valence-electron chi connectivity index (χ4n) is 2.75.